The number of fused-ring (bicyclic) bond motifs is 1. The lowest BCUT2D eigenvalue weighted by atomic mass is 10.2. The topological polar surface area (TPSA) is 76.0 Å². The van der Waals surface area contributed by atoms with E-state index in [0.29, 0.717) is 28.4 Å². The number of hydrogen-bond acceptors (Lipinski definition) is 5. The summed E-state index contributed by atoms with van der Waals surface area (Å²) in [4.78, 5) is 29.9. The van der Waals surface area contributed by atoms with Crippen molar-refractivity contribution in [3.8, 4) is 0 Å². The minimum atomic E-state index is -0.250. The number of anilines is 1. The number of amides is 1. The summed E-state index contributed by atoms with van der Waals surface area (Å²) in [5, 5.41) is 1.15. The highest BCUT2D eigenvalue weighted by atomic mass is 35.5. The molecule has 2 N–H and O–H groups in total. The molecule has 134 valence electrons. The van der Waals surface area contributed by atoms with Crippen molar-refractivity contribution in [3.05, 3.63) is 63.9 Å². The zero-order valence-corrected chi connectivity index (χ0v) is 15.6. The monoisotopic (exact) mass is 388 g/mol. The molecule has 6 nitrogen and oxygen atoms in total. The number of benzene rings is 2. The van der Waals surface area contributed by atoms with E-state index in [-0.39, 0.29) is 17.2 Å². The van der Waals surface area contributed by atoms with Gasteiger partial charge in [0.1, 0.15) is 0 Å². The Morgan fingerprint density at radius 1 is 1.19 bits per heavy atom. The Balaban J connectivity index is 1.70. The van der Waals surface area contributed by atoms with Crippen LogP contribution in [0, 0.1) is 0 Å². The van der Waals surface area contributed by atoms with Crippen LogP contribution in [0.25, 0.3) is 10.9 Å². The lowest BCUT2D eigenvalue weighted by Crippen LogP contribution is -2.35. The summed E-state index contributed by atoms with van der Waals surface area (Å²) in [5.41, 5.74) is 5.76. The van der Waals surface area contributed by atoms with Gasteiger partial charge >= 0.3 is 0 Å². The largest absolute Gasteiger partial charge is 0.277 e. The molecule has 0 saturated carbocycles. The number of carbonyl (C=O) groups is 1. The molecule has 3 aromatic rings. The summed E-state index contributed by atoms with van der Waals surface area (Å²) >= 11 is 7.41. The maximum Gasteiger partial charge on any atom is 0.262 e. The van der Waals surface area contributed by atoms with E-state index >= 15 is 0 Å². The van der Waals surface area contributed by atoms with Gasteiger partial charge < -0.3 is 0 Å². The fourth-order valence-corrected chi connectivity index (χ4v) is 3.46. The fraction of sp³-hybridized carbons (Fsp3) is 0.167. The Morgan fingerprint density at radius 3 is 2.69 bits per heavy atom. The summed E-state index contributed by atoms with van der Waals surface area (Å²) in [5.74, 6) is 0.230. The molecular weight excluding hydrogens is 372 g/mol. The lowest BCUT2D eigenvalue weighted by Gasteiger charge is -2.14. The molecule has 0 atom stereocenters. The highest BCUT2D eigenvalue weighted by molar-refractivity contribution is 8.00. The molecule has 1 amide bonds. The average molecular weight is 389 g/mol. The van der Waals surface area contributed by atoms with Crippen molar-refractivity contribution < 1.29 is 4.79 Å². The molecule has 1 heterocycles. The normalized spacial score (nSPS) is 10.7. The predicted octanol–water partition coefficient (Wildman–Crippen LogP) is 3.31. The molecule has 1 aromatic heterocycles. The molecule has 2 aromatic carbocycles. The van der Waals surface area contributed by atoms with E-state index in [2.05, 4.69) is 15.8 Å². The zero-order valence-electron chi connectivity index (χ0n) is 14.0. The van der Waals surface area contributed by atoms with Gasteiger partial charge in [0.25, 0.3) is 5.56 Å². The zero-order chi connectivity index (χ0) is 18.5. The summed E-state index contributed by atoms with van der Waals surface area (Å²) in [6.07, 6.45) is 0. The molecule has 0 bridgehead atoms. The number of nitrogens with zero attached hydrogens (tertiary/aromatic N) is 2. The van der Waals surface area contributed by atoms with E-state index in [1.54, 1.807) is 24.3 Å². The molecule has 0 unspecified atom stereocenters. The van der Waals surface area contributed by atoms with Crippen molar-refractivity contribution in [2.45, 2.75) is 18.4 Å². The lowest BCUT2D eigenvalue weighted by molar-refractivity contribution is -0.118. The van der Waals surface area contributed by atoms with Crippen LogP contribution in [0.15, 0.2) is 58.2 Å². The molecular formula is C18H17ClN4O2S. The molecule has 0 spiro atoms. The highest BCUT2D eigenvalue weighted by Crippen LogP contribution is 2.26. The van der Waals surface area contributed by atoms with Crippen LogP contribution in [-0.2, 0) is 11.3 Å². The second-order valence-corrected chi connectivity index (χ2v) is 6.82. The fourth-order valence-electron chi connectivity index (χ4n) is 2.42. The van der Waals surface area contributed by atoms with Crippen molar-refractivity contribution in [1.29, 1.82) is 0 Å². The maximum atomic E-state index is 12.5. The first-order valence-corrected chi connectivity index (χ1v) is 9.38. The van der Waals surface area contributed by atoms with Gasteiger partial charge in [0.05, 0.1) is 21.7 Å². The molecule has 0 fully saturated rings. The summed E-state index contributed by atoms with van der Waals surface area (Å²) in [6, 6.07) is 14.4. The average Bonchev–Trinajstić information content (AvgIpc) is 2.66. The van der Waals surface area contributed by atoms with Gasteiger partial charge in [-0.25, -0.2) is 4.98 Å². The molecule has 26 heavy (non-hydrogen) atoms. The van der Waals surface area contributed by atoms with Gasteiger partial charge in [0, 0.05) is 11.4 Å². The van der Waals surface area contributed by atoms with Crippen molar-refractivity contribution in [1.82, 2.24) is 15.0 Å². The quantitative estimate of drug-likeness (QED) is 0.500. The summed E-state index contributed by atoms with van der Waals surface area (Å²) < 4.78 is 1.48. The molecule has 0 aliphatic rings. The van der Waals surface area contributed by atoms with Crippen LogP contribution in [-0.4, -0.2) is 21.2 Å². The smallest absolute Gasteiger partial charge is 0.262 e. The third-order valence-corrected chi connectivity index (χ3v) is 5.20. The van der Waals surface area contributed by atoms with E-state index in [0.717, 1.165) is 4.90 Å². The summed E-state index contributed by atoms with van der Waals surface area (Å²) in [6.45, 7) is 2.28. The molecule has 0 radical (unpaired) electrons. The SMILES string of the molecule is CCn1c(NNC(=O)CSc2ccccc2Cl)nc2ccccc2c1=O. The van der Waals surface area contributed by atoms with E-state index in [4.69, 9.17) is 11.6 Å². The second kappa shape index (κ2) is 8.25. The van der Waals surface area contributed by atoms with E-state index in [1.165, 1.54) is 16.3 Å². The highest BCUT2D eigenvalue weighted by Gasteiger charge is 2.11. The number of carbonyl (C=O) groups excluding carboxylic acids is 1. The van der Waals surface area contributed by atoms with Gasteiger partial charge in [-0.2, -0.15) is 0 Å². The van der Waals surface area contributed by atoms with Crippen LogP contribution in [0.1, 0.15) is 6.92 Å². The van der Waals surface area contributed by atoms with Crippen molar-refractivity contribution in [2.24, 2.45) is 0 Å². The Kier molecular flexibility index (Phi) is 5.80. The minimum absolute atomic E-state index is 0.153. The third kappa shape index (κ3) is 4.00. The number of halogens is 1. The number of para-hydroxylation sites is 1. The molecule has 0 aliphatic carbocycles. The van der Waals surface area contributed by atoms with Crippen LogP contribution >= 0.6 is 23.4 Å². The Bertz CT molecular complexity index is 1010. The van der Waals surface area contributed by atoms with Gasteiger partial charge in [0.2, 0.25) is 11.9 Å². The maximum absolute atomic E-state index is 12.5. The molecule has 0 aliphatic heterocycles. The standard InChI is InChI=1S/C18H17ClN4O2S/c1-2-23-17(25)12-7-3-5-9-14(12)20-18(23)22-21-16(24)11-26-15-10-6-4-8-13(15)19/h3-10H,2,11H2,1H3,(H,20,22)(H,21,24). The van der Waals surface area contributed by atoms with Gasteiger partial charge in [-0.05, 0) is 31.2 Å². The second-order valence-electron chi connectivity index (χ2n) is 5.39. The number of aromatic nitrogens is 2. The first-order valence-electron chi connectivity index (χ1n) is 8.02. The number of thioether (sulfide) groups is 1. The Labute approximate surface area is 159 Å². The van der Waals surface area contributed by atoms with Crippen LogP contribution < -0.4 is 16.4 Å². The van der Waals surface area contributed by atoms with E-state index < -0.39 is 0 Å². The third-order valence-electron chi connectivity index (χ3n) is 3.69. The molecule has 3 rings (SSSR count). The van der Waals surface area contributed by atoms with Gasteiger partial charge in [0.15, 0.2) is 0 Å². The van der Waals surface area contributed by atoms with E-state index in [1.807, 2.05) is 31.2 Å². The number of rotatable bonds is 6. The van der Waals surface area contributed by atoms with Crippen LogP contribution in [0.4, 0.5) is 5.95 Å². The summed E-state index contributed by atoms with van der Waals surface area (Å²) in [7, 11) is 0. The van der Waals surface area contributed by atoms with Crippen LogP contribution in [0.3, 0.4) is 0 Å². The minimum Gasteiger partial charge on any atom is -0.277 e. The van der Waals surface area contributed by atoms with Crippen molar-refractivity contribution >= 4 is 46.1 Å². The van der Waals surface area contributed by atoms with Crippen LogP contribution in [0.2, 0.25) is 5.02 Å². The van der Waals surface area contributed by atoms with Gasteiger partial charge in [-0.1, -0.05) is 35.9 Å². The molecule has 8 heteroatoms. The Morgan fingerprint density at radius 2 is 1.92 bits per heavy atom. The van der Waals surface area contributed by atoms with Gasteiger partial charge in [-0.3, -0.25) is 25.0 Å². The van der Waals surface area contributed by atoms with Crippen molar-refractivity contribution in [2.75, 3.05) is 11.2 Å². The van der Waals surface area contributed by atoms with E-state index in [9.17, 15) is 9.59 Å². The number of hydrazine groups is 1. The van der Waals surface area contributed by atoms with Crippen LogP contribution in [0.5, 0.6) is 0 Å². The predicted molar refractivity (Wildman–Crippen MR) is 106 cm³/mol. The number of hydrogen-bond donors (Lipinski definition) is 2. The molecule has 0 saturated heterocycles. The number of nitrogens with one attached hydrogen (secondary N) is 2. The Hall–Kier alpha value is -2.51. The van der Waals surface area contributed by atoms with Crippen molar-refractivity contribution in [3.63, 3.8) is 0 Å². The first kappa shape index (κ1) is 18.3. The first-order chi connectivity index (χ1) is 12.6. The van der Waals surface area contributed by atoms with Gasteiger partial charge in [-0.15, -0.1) is 11.8 Å².